The Kier molecular flexibility index (Phi) is 5.41. The van der Waals surface area contributed by atoms with Crippen LogP contribution in [0.2, 0.25) is 0 Å². The number of nitrogens with two attached hydrogens (primary N) is 1. The van der Waals surface area contributed by atoms with Crippen LogP contribution in [0, 0.1) is 5.92 Å². The average molecular weight is 241 g/mol. The molecule has 1 saturated heterocycles. The minimum absolute atomic E-state index is 0.0203. The monoisotopic (exact) mass is 241 g/mol. The number of hydrogen-bond acceptors (Lipinski definition) is 3. The van der Waals surface area contributed by atoms with Gasteiger partial charge in [0.05, 0.1) is 0 Å². The second-order valence-corrected chi connectivity index (χ2v) is 4.86. The van der Waals surface area contributed by atoms with Gasteiger partial charge in [0.25, 0.3) is 0 Å². The van der Waals surface area contributed by atoms with Crippen LogP contribution < -0.4 is 11.1 Å². The summed E-state index contributed by atoms with van der Waals surface area (Å²) in [6.07, 6.45) is 2.10. The van der Waals surface area contributed by atoms with Crippen molar-refractivity contribution in [2.45, 2.75) is 39.2 Å². The van der Waals surface area contributed by atoms with Crippen LogP contribution in [0.3, 0.4) is 0 Å². The average Bonchev–Trinajstić information content (AvgIpc) is 2.30. The largest absolute Gasteiger partial charge is 0.353 e. The van der Waals surface area contributed by atoms with E-state index in [2.05, 4.69) is 5.32 Å². The zero-order valence-electron chi connectivity index (χ0n) is 10.7. The van der Waals surface area contributed by atoms with E-state index in [4.69, 9.17) is 5.73 Å². The fourth-order valence-electron chi connectivity index (χ4n) is 1.92. The molecule has 1 heterocycles. The van der Waals surface area contributed by atoms with E-state index in [0.29, 0.717) is 13.0 Å². The molecule has 1 aliphatic rings. The number of nitrogens with one attached hydrogen (secondary N) is 1. The van der Waals surface area contributed by atoms with Crippen LogP contribution in [0.1, 0.15) is 33.1 Å². The quantitative estimate of drug-likeness (QED) is 0.733. The molecule has 0 unspecified atom stereocenters. The Morgan fingerprint density at radius 1 is 1.35 bits per heavy atom. The summed E-state index contributed by atoms with van der Waals surface area (Å²) in [6.45, 7) is 5.62. The number of likely N-dealkylation sites (tertiary alicyclic amines) is 1. The summed E-state index contributed by atoms with van der Waals surface area (Å²) >= 11 is 0. The molecule has 3 N–H and O–H groups in total. The Balaban J connectivity index is 2.31. The van der Waals surface area contributed by atoms with Crippen LogP contribution in [0.4, 0.5) is 0 Å². The van der Waals surface area contributed by atoms with E-state index in [1.54, 1.807) is 0 Å². The SMILES string of the molecule is CC(C)C(=O)NC1CCN(C(=O)CCN)CC1. The van der Waals surface area contributed by atoms with Crippen molar-refractivity contribution < 1.29 is 9.59 Å². The van der Waals surface area contributed by atoms with E-state index >= 15 is 0 Å². The second-order valence-electron chi connectivity index (χ2n) is 4.86. The zero-order valence-corrected chi connectivity index (χ0v) is 10.7. The summed E-state index contributed by atoms with van der Waals surface area (Å²) in [6, 6.07) is 0.215. The van der Waals surface area contributed by atoms with E-state index in [9.17, 15) is 9.59 Å². The number of hydrogen-bond donors (Lipinski definition) is 2. The van der Waals surface area contributed by atoms with Crippen molar-refractivity contribution in [3.8, 4) is 0 Å². The molecule has 0 aromatic rings. The van der Waals surface area contributed by atoms with Gasteiger partial charge in [0.1, 0.15) is 0 Å². The van der Waals surface area contributed by atoms with Gasteiger partial charge in [-0.1, -0.05) is 13.8 Å². The van der Waals surface area contributed by atoms with Crippen molar-refractivity contribution in [3.05, 3.63) is 0 Å². The van der Waals surface area contributed by atoms with Gasteiger partial charge in [-0.3, -0.25) is 9.59 Å². The standard InChI is InChI=1S/C12H23N3O2/c1-9(2)12(17)14-10-4-7-15(8-5-10)11(16)3-6-13/h9-10H,3-8,13H2,1-2H3,(H,14,17). The van der Waals surface area contributed by atoms with Crippen molar-refractivity contribution in [1.29, 1.82) is 0 Å². The van der Waals surface area contributed by atoms with Crippen LogP contribution in [0.25, 0.3) is 0 Å². The van der Waals surface area contributed by atoms with Crippen molar-refractivity contribution >= 4 is 11.8 Å². The highest BCUT2D eigenvalue weighted by atomic mass is 16.2. The summed E-state index contributed by atoms with van der Waals surface area (Å²) in [5.41, 5.74) is 5.36. The van der Waals surface area contributed by atoms with Gasteiger partial charge in [0.2, 0.25) is 11.8 Å². The number of carbonyl (C=O) groups excluding carboxylic acids is 2. The molecule has 0 aromatic heterocycles. The Labute approximate surface area is 103 Å². The third kappa shape index (κ3) is 4.34. The summed E-state index contributed by atoms with van der Waals surface area (Å²) in [7, 11) is 0. The third-order valence-electron chi connectivity index (χ3n) is 3.08. The van der Waals surface area contributed by atoms with Crippen molar-refractivity contribution in [2.24, 2.45) is 11.7 Å². The lowest BCUT2D eigenvalue weighted by Gasteiger charge is -2.32. The minimum atomic E-state index is 0.0203. The predicted molar refractivity (Wildman–Crippen MR) is 66.3 cm³/mol. The molecule has 1 fully saturated rings. The van der Waals surface area contributed by atoms with Crippen molar-refractivity contribution in [3.63, 3.8) is 0 Å². The first-order chi connectivity index (χ1) is 8.04. The van der Waals surface area contributed by atoms with Gasteiger partial charge >= 0.3 is 0 Å². The first-order valence-corrected chi connectivity index (χ1v) is 6.32. The molecule has 0 spiro atoms. The third-order valence-corrected chi connectivity index (χ3v) is 3.08. The summed E-state index contributed by atoms with van der Waals surface area (Å²) in [5, 5.41) is 3.01. The number of carbonyl (C=O) groups is 2. The van der Waals surface area contributed by atoms with Crippen LogP contribution in [-0.4, -0.2) is 42.4 Å². The molecule has 0 atom stereocenters. The Hall–Kier alpha value is -1.10. The van der Waals surface area contributed by atoms with Crippen molar-refractivity contribution in [1.82, 2.24) is 10.2 Å². The smallest absolute Gasteiger partial charge is 0.223 e. The van der Waals surface area contributed by atoms with E-state index < -0.39 is 0 Å². The van der Waals surface area contributed by atoms with E-state index in [1.807, 2.05) is 18.7 Å². The lowest BCUT2D eigenvalue weighted by molar-refractivity contribution is -0.132. The molecular formula is C12H23N3O2. The molecule has 0 aliphatic carbocycles. The van der Waals surface area contributed by atoms with Gasteiger partial charge in [-0.2, -0.15) is 0 Å². The highest BCUT2D eigenvalue weighted by Crippen LogP contribution is 2.11. The van der Waals surface area contributed by atoms with E-state index in [0.717, 1.165) is 25.9 Å². The van der Waals surface area contributed by atoms with Gasteiger partial charge in [-0.15, -0.1) is 0 Å². The van der Waals surface area contributed by atoms with Crippen LogP contribution in [-0.2, 0) is 9.59 Å². The maximum atomic E-state index is 11.6. The first-order valence-electron chi connectivity index (χ1n) is 6.32. The normalized spacial score (nSPS) is 17.3. The number of nitrogens with zero attached hydrogens (tertiary/aromatic N) is 1. The van der Waals surface area contributed by atoms with Gasteiger partial charge in [-0.05, 0) is 12.8 Å². The minimum Gasteiger partial charge on any atom is -0.353 e. The summed E-state index contributed by atoms with van der Waals surface area (Å²) < 4.78 is 0. The van der Waals surface area contributed by atoms with Gasteiger partial charge in [0, 0.05) is 38.0 Å². The molecule has 0 saturated carbocycles. The van der Waals surface area contributed by atoms with Crippen LogP contribution >= 0.6 is 0 Å². The van der Waals surface area contributed by atoms with Crippen LogP contribution in [0.15, 0.2) is 0 Å². The van der Waals surface area contributed by atoms with Gasteiger partial charge < -0.3 is 16.0 Å². The van der Waals surface area contributed by atoms with Gasteiger partial charge in [0.15, 0.2) is 0 Å². The lowest BCUT2D eigenvalue weighted by atomic mass is 10.0. The molecule has 5 heteroatoms. The molecule has 0 radical (unpaired) electrons. The zero-order chi connectivity index (χ0) is 12.8. The van der Waals surface area contributed by atoms with Crippen molar-refractivity contribution in [2.75, 3.05) is 19.6 Å². The highest BCUT2D eigenvalue weighted by molar-refractivity contribution is 5.78. The summed E-state index contributed by atoms with van der Waals surface area (Å²) in [4.78, 5) is 25.0. The molecular weight excluding hydrogens is 218 g/mol. The Morgan fingerprint density at radius 3 is 2.41 bits per heavy atom. The molecule has 0 bridgehead atoms. The van der Waals surface area contributed by atoms with Gasteiger partial charge in [-0.25, -0.2) is 0 Å². The predicted octanol–water partition coefficient (Wildman–Crippen LogP) is 0.0984. The van der Waals surface area contributed by atoms with Crippen LogP contribution in [0.5, 0.6) is 0 Å². The highest BCUT2D eigenvalue weighted by Gasteiger charge is 2.23. The molecule has 0 aromatic carbocycles. The Bertz CT molecular complexity index is 271. The molecule has 17 heavy (non-hydrogen) atoms. The lowest BCUT2D eigenvalue weighted by Crippen LogP contribution is -2.47. The first kappa shape index (κ1) is 14.0. The maximum Gasteiger partial charge on any atom is 0.223 e. The topological polar surface area (TPSA) is 75.4 Å². The number of piperidine rings is 1. The fraction of sp³-hybridized carbons (Fsp3) is 0.833. The second kappa shape index (κ2) is 6.59. The molecule has 1 rings (SSSR count). The number of rotatable bonds is 4. The number of amides is 2. The molecule has 98 valence electrons. The Morgan fingerprint density at radius 2 is 1.94 bits per heavy atom. The molecule has 1 aliphatic heterocycles. The molecule has 2 amide bonds. The van der Waals surface area contributed by atoms with E-state index in [1.165, 1.54) is 0 Å². The maximum absolute atomic E-state index is 11.6. The fourth-order valence-corrected chi connectivity index (χ4v) is 1.92. The van der Waals surface area contributed by atoms with E-state index in [-0.39, 0.29) is 23.8 Å². The molecule has 5 nitrogen and oxygen atoms in total. The summed E-state index contributed by atoms with van der Waals surface area (Å²) in [5.74, 6) is 0.241.